The molecule has 3 rings (SSSR count). The van der Waals surface area contributed by atoms with Crippen LogP contribution in [-0.4, -0.2) is 23.5 Å². The Bertz CT molecular complexity index is 568. The van der Waals surface area contributed by atoms with Crippen molar-refractivity contribution in [3.8, 4) is 17.2 Å². The molecule has 0 aromatic heterocycles. The van der Waals surface area contributed by atoms with Gasteiger partial charge in [-0.25, -0.2) is 4.79 Å². The SMILES string of the molecule is CC1(C)CC(N)(C(=O)O)c2ccc3c(c2O1)OCO3. The van der Waals surface area contributed by atoms with Crippen LogP contribution in [0.1, 0.15) is 25.8 Å². The third-order valence-corrected chi connectivity index (χ3v) is 3.44. The molecule has 0 amide bonds. The van der Waals surface area contributed by atoms with E-state index < -0.39 is 17.1 Å². The maximum Gasteiger partial charge on any atom is 0.328 e. The molecule has 3 N–H and O–H groups in total. The van der Waals surface area contributed by atoms with Gasteiger partial charge in [0.1, 0.15) is 11.1 Å². The number of aliphatic carboxylic acids is 1. The second-order valence-electron chi connectivity index (χ2n) is 5.49. The molecule has 19 heavy (non-hydrogen) atoms. The molecule has 0 saturated heterocycles. The van der Waals surface area contributed by atoms with Crippen LogP contribution in [-0.2, 0) is 10.3 Å². The fraction of sp³-hybridized carbons (Fsp3) is 0.462. The number of hydrogen-bond acceptors (Lipinski definition) is 5. The number of ether oxygens (including phenoxy) is 3. The average Bonchev–Trinajstić information content (AvgIpc) is 2.75. The molecule has 1 aromatic carbocycles. The highest BCUT2D eigenvalue weighted by molar-refractivity contribution is 5.83. The van der Waals surface area contributed by atoms with Gasteiger partial charge in [0, 0.05) is 12.0 Å². The largest absolute Gasteiger partial charge is 0.483 e. The van der Waals surface area contributed by atoms with Crippen molar-refractivity contribution in [2.45, 2.75) is 31.4 Å². The monoisotopic (exact) mass is 265 g/mol. The minimum absolute atomic E-state index is 0.0974. The van der Waals surface area contributed by atoms with Gasteiger partial charge >= 0.3 is 5.97 Å². The summed E-state index contributed by atoms with van der Waals surface area (Å²) in [6, 6.07) is 3.29. The Morgan fingerprint density at radius 1 is 1.32 bits per heavy atom. The minimum atomic E-state index is -1.49. The second-order valence-corrected chi connectivity index (χ2v) is 5.49. The van der Waals surface area contributed by atoms with Crippen LogP contribution >= 0.6 is 0 Å². The zero-order valence-corrected chi connectivity index (χ0v) is 10.7. The van der Waals surface area contributed by atoms with Crippen LogP contribution in [0.5, 0.6) is 17.2 Å². The van der Waals surface area contributed by atoms with Crippen molar-refractivity contribution >= 4 is 5.97 Å². The average molecular weight is 265 g/mol. The van der Waals surface area contributed by atoms with Crippen molar-refractivity contribution in [3.05, 3.63) is 17.7 Å². The van der Waals surface area contributed by atoms with E-state index in [1.165, 1.54) is 0 Å². The number of nitrogens with two attached hydrogens (primary N) is 1. The Morgan fingerprint density at radius 2 is 2.05 bits per heavy atom. The summed E-state index contributed by atoms with van der Waals surface area (Å²) < 4.78 is 16.5. The third kappa shape index (κ3) is 1.63. The lowest BCUT2D eigenvalue weighted by Gasteiger charge is -2.41. The maximum atomic E-state index is 11.6. The molecule has 1 atom stereocenters. The van der Waals surface area contributed by atoms with Crippen molar-refractivity contribution in [1.29, 1.82) is 0 Å². The molecule has 0 saturated carbocycles. The lowest BCUT2D eigenvalue weighted by molar-refractivity contribution is -0.147. The number of rotatable bonds is 1. The number of hydrogen-bond donors (Lipinski definition) is 2. The summed E-state index contributed by atoms with van der Waals surface area (Å²) in [5.74, 6) is 0.269. The van der Waals surface area contributed by atoms with Crippen LogP contribution in [0.15, 0.2) is 12.1 Å². The van der Waals surface area contributed by atoms with Gasteiger partial charge in [-0.3, -0.25) is 0 Å². The molecule has 0 radical (unpaired) electrons. The van der Waals surface area contributed by atoms with Crippen molar-refractivity contribution in [1.82, 2.24) is 0 Å². The third-order valence-electron chi connectivity index (χ3n) is 3.44. The van der Waals surface area contributed by atoms with E-state index in [2.05, 4.69) is 0 Å². The fourth-order valence-corrected chi connectivity index (χ4v) is 2.67. The number of carbonyl (C=O) groups is 1. The van der Waals surface area contributed by atoms with Crippen LogP contribution < -0.4 is 19.9 Å². The van der Waals surface area contributed by atoms with E-state index in [0.717, 1.165) is 0 Å². The Balaban J connectivity index is 2.24. The summed E-state index contributed by atoms with van der Waals surface area (Å²) in [6.07, 6.45) is 0.183. The molecule has 0 bridgehead atoms. The van der Waals surface area contributed by atoms with Crippen molar-refractivity contribution < 1.29 is 24.1 Å². The van der Waals surface area contributed by atoms with Gasteiger partial charge in [-0.15, -0.1) is 0 Å². The molecule has 2 aliphatic rings. The zero-order valence-electron chi connectivity index (χ0n) is 10.7. The maximum absolute atomic E-state index is 11.6. The molecular weight excluding hydrogens is 250 g/mol. The smallest absolute Gasteiger partial charge is 0.328 e. The summed E-state index contributed by atoms with van der Waals surface area (Å²) in [4.78, 5) is 11.6. The molecule has 6 heteroatoms. The molecule has 2 heterocycles. The fourth-order valence-electron chi connectivity index (χ4n) is 2.67. The molecule has 1 aromatic rings. The highest BCUT2D eigenvalue weighted by Gasteiger charge is 2.50. The standard InChI is InChI=1S/C13H15NO5/c1-12(2)5-13(14,11(15)16)7-3-4-8-10(9(7)19-12)18-6-17-8/h3-4H,5-6,14H2,1-2H3,(H,15,16). The summed E-state index contributed by atoms with van der Waals surface area (Å²) in [7, 11) is 0. The van der Waals surface area contributed by atoms with Crippen molar-refractivity contribution in [2.24, 2.45) is 5.73 Å². The van der Waals surface area contributed by atoms with E-state index in [-0.39, 0.29) is 13.2 Å². The minimum Gasteiger partial charge on any atom is -0.483 e. The normalized spacial score (nSPS) is 26.5. The highest BCUT2D eigenvalue weighted by atomic mass is 16.7. The molecule has 0 spiro atoms. The van der Waals surface area contributed by atoms with Gasteiger partial charge < -0.3 is 25.1 Å². The van der Waals surface area contributed by atoms with E-state index in [1.54, 1.807) is 26.0 Å². The number of carboxylic acids is 1. The van der Waals surface area contributed by atoms with Crippen LogP contribution in [0.25, 0.3) is 0 Å². The van der Waals surface area contributed by atoms with Gasteiger partial charge in [0.15, 0.2) is 11.5 Å². The molecule has 0 aliphatic carbocycles. The number of carboxylic acid groups (broad SMARTS) is 1. The van der Waals surface area contributed by atoms with Crippen LogP contribution in [0.3, 0.4) is 0 Å². The topological polar surface area (TPSA) is 91.0 Å². The summed E-state index contributed by atoms with van der Waals surface area (Å²) in [5.41, 5.74) is 4.35. The van der Waals surface area contributed by atoms with Crippen molar-refractivity contribution in [2.75, 3.05) is 6.79 Å². The number of benzene rings is 1. The summed E-state index contributed by atoms with van der Waals surface area (Å²) >= 11 is 0. The highest BCUT2D eigenvalue weighted by Crippen LogP contribution is 2.51. The first kappa shape index (κ1) is 12.1. The Morgan fingerprint density at radius 3 is 2.74 bits per heavy atom. The van der Waals surface area contributed by atoms with E-state index in [1.807, 2.05) is 0 Å². The van der Waals surface area contributed by atoms with E-state index in [9.17, 15) is 9.90 Å². The lowest BCUT2D eigenvalue weighted by atomic mass is 9.78. The zero-order chi connectivity index (χ0) is 13.8. The first-order chi connectivity index (χ1) is 8.83. The van der Waals surface area contributed by atoms with Crippen LogP contribution in [0, 0.1) is 0 Å². The van der Waals surface area contributed by atoms with Crippen LogP contribution in [0.4, 0.5) is 0 Å². The molecule has 2 aliphatic heterocycles. The second kappa shape index (κ2) is 3.54. The van der Waals surface area contributed by atoms with Gasteiger partial charge in [0.25, 0.3) is 0 Å². The molecule has 6 nitrogen and oxygen atoms in total. The number of fused-ring (bicyclic) bond motifs is 3. The molecule has 1 unspecified atom stereocenters. The van der Waals surface area contributed by atoms with E-state index >= 15 is 0 Å². The summed E-state index contributed by atoms with van der Waals surface area (Å²) in [5, 5.41) is 9.47. The van der Waals surface area contributed by atoms with Crippen molar-refractivity contribution in [3.63, 3.8) is 0 Å². The van der Waals surface area contributed by atoms with E-state index in [4.69, 9.17) is 19.9 Å². The molecular formula is C13H15NO5. The molecule has 0 fully saturated rings. The first-order valence-corrected chi connectivity index (χ1v) is 5.98. The quantitative estimate of drug-likeness (QED) is 0.793. The van der Waals surface area contributed by atoms with Gasteiger partial charge in [-0.1, -0.05) is 0 Å². The first-order valence-electron chi connectivity index (χ1n) is 5.98. The predicted octanol–water partition coefficient (Wildman–Crippen LogP) is 1.22. The van der Waals surface area contributed by atoms with Gasteiger partial charge in [0.05, 0.1) is 0 Å². The van der Waals surface area contributed by atoms with Crippen LogP contribution in [0.2, 0.25) is 0 Å². The van der Waals surface area contributed by atoms with E-state index in [0.29, 0.717) is 22.8 Å². The lowest BCUT2D eigenvalue weighted by Crippen LogP contribution is -2.54. The Labute approximate surface area is 110 Å². The summed E-state index contributed by atoms with van der Waals surface area (Å²) in [6.45, 7) is 3.70. The Kier molecular flexibility index (Phi) is 2.25. The molecule has 102 valence electrons. The predicted molar refractivity (Wildman–Crippen MR) is 65.4 cm³/mol. The van der Waals surface area contributed by atoms with Gasteiger partial charge in [-0.05, 0) is 26.0 Å². The Hall–Kier alpha value is -1.95. The van der Waals surface area contributed by atoms with Gasteiger partial charge in [-0.2, -0.15) is 0 Å². The van der Waals surface area contributed by atoms with Gasteiger partial charge in [0.2, 0.25) is 12.5 Å².